The highest BCUT2D eigenvalue weighted by atomic mass is 16.4. The van der Waals surface area contributed by atoms with E-state index in [0.717, 1.165) is 11.1 Å². The molecule has 0 saturated carbocycles. The Morgan fingerprint density at radius 2 is 1.73 bits per heavy atom. The summed E-state index contributed by atoms with van der Waals surface area (Å²) in [5.41, 5.74) is 5.59. The maximum absolute atomic E-state index is 12.1. The Hall–Kier alpha value is -2.95. The molecule has 3 aromatic rings. The third-order valence-electron chi connectivity index (χ3n) is 4.31. The molecule has 0 atom stereocenters. The molecule has 0 bridgehead atoms. The molecule has 1 amide bonds. The molecule has 1 N–H and O–H groups in total. The summed E-state index contributed by atoms with van der Waals surface area (Å²) in [5, 5.41) is 11.0. The highest BCUT2D eigenvalue weighted by molar-refractivity contribution is 5.76. The highest BCUT2D eigenvalue weighted by Gasteiger charge is 2.11. The van der Waals surface area contributed by atoms with E-state index in [0.29, 0.717) is 31.2 Å². The van der Waals surface area contributed by atoms with Crippen LogP contribution in [0.2, 0.25) is 0 Å². The molecule has 0 unspecified atom stereocenters. The van der Waals surface area contributed by atoms with Crippen LogP contribution in [-0.4, -0.2) is 16.1 Å². The van der Waals surface area contributed by atoms with Gasteiger partial charge in [-0.1, -0.05) is 41.5 Å². The lowest BCUT2D eigenvalue weighted by atomic mass is 10.1. The molecular formula is C21H23N3O2. The zero-order valence-corrected chi connectivity index (χ0v) is 15.4. The standard InChI is InChI=1S/C21H23N3O2/c1-14-4-7-17(8-5-14)21-24-23-20(26-21)11-10-19(25)22-13-18-9-6-15(2)12-16(18)3/h4-9,12H,10-11,13H2,1-3H3,(H,22,25). The molecule has 0 aliphatic rings. The second-order valence-electron chi connectivity index (χ2n) is 6.57. The number of rotatable bonds is 6. The zero-order chi connectivity index (χ0) is 18.5. The smallest absolute Gasteiger partial charge is 0.247 e. The van der Waals surface area contributed by atoms with E-state index in [1.807, 2.05) is 31.2 Å². The predicted octanol–water partition coefficient (Wildman–Crippen LogP) is 3.91. The molecule has 0 aliphatic carbocycles. The van der Waals surface area contributed by atoms with Gasteiger partial charge in [0, 0.05) is 24.9 Å². The van der Waals surface area contributed by atoms with Crippen LogP contribution in [-0.2, 0) is 17.8 Å². The predicted molar refractivity (Wildman–Crippen MR) is 101 cm³/mol. The van der Waals surface area contributed by atoms with Crippen LogP contribution in [0.3, 0.4) is 0 Å². The Balaban J connectivity index is 1.51. The first kappa shape index (κ1) is 17.9. The molecule has 0 radical (unpaired) electrons. The van der Waals surface area contributed by atoms with Crippen LogP contribution >= 0.6 is 0 Å². The second-order valence-corrected chi connectivity index (χ2v) is 6.57. The number of aromatic nitrogens is 2. The summed E-state index contributed by atoms with van der Waals surface area (Å²) in [7, 11) is 0. The van der Waals surface area contributed by atoms with E-state index in [1.165, 1.54) is 16.7 Å². The van der Waals surface area contributed by atoms with Crippen LogP contribution in [0.4, 0.5) is 0 Å². The van der Waals surface area contributed by atoms with Crippen LogP contribution in [0.25, 0.3) is 11.5 Å². The summed E-state index contributed by atoms with van der Waals surface area (Å²) in [4.78, 5) is 12.1. The van der Waals surface area contributed by atoms with Crippen LogP contribution in [0.1, 0.15) is 34.6 Å². The van der Waals surface area contributed by atoms with Crippen molar-refractivity contribution in [3.8, 4) is 11.5 Å². The van der Waals surface area contributed by atoms with Gasteiger partial charge in [0.05, 0.1) is 0 Å². The number of carbonyl (C=O) groups excluding carboxylic acids is 1. The zero-order valence-electron chi connectivity index (χ0n) is 15.4. The minimum atomic E-state index is -0.0277. The Morgan fingerprint density at radius 1 is 1.00 bits per heavy atom. The number of hydrogen-bond donors (Lipinski definition) is 1. The number of benzene rings is 2. The number of nitrogens with one attached hydrogen (secondary N) is 1. The maximum atomic E-state index is 12.1. The third-order valence-corrected chi connectivity index (χ3v) is 4.31. The molecule has 5 heteroatoms. The lowest BCUT2D eigenvalue weighted by Gasteiger charge is -2.08. The minimum absolute atomic E-state index is 0.0277. The minimum Gasteiger partial charge on any atom is -0.421 e. The number of nitrogens with zero attached hydrogens (tertiary/aromatic N) is 2. The molecular weight excluding hydrogens is 326 g/mol. The van der Waals surface area contributed by atoms with Crippen molar-refractivity contribution < 1.29 is 9.21 Å². The molecule has 0 aliphatic heterocycles. The first-order chi connectivity index (χ1) is 12.5. The molecule has 0 fully saturated rings. The topological polar surface area (TPSA) is 68.0 Å². The SMILES string of the molecule is Cc1ccc(-c2nnc(CCC(=O)NCc3ccc(C)cc3C)o2)cc1. The van der Waals surface area contributed by atoms with Crippen LogP contribution in [0, 0.1) is 20.8 Å². The maximum Gasteiger partial charge on any atom is 0.247 e. The molecule has 5 nitrogen and oxygen atoms in total. The first-order valence-electron chi connectivity index (χ1n) is 8.73. The molecule has 2 aromatic carbocycles. The molecule has 0 spiro atoms. The third kappa shape index (κ3) is 4.57. The van der Waals surface area contributed by atoms with Gasteiger partial charge in [-0.05, 0) is 44.0 Å². The van der Waals surface area contributed by atoms with Gasteiger partial charge in [-0.25, -0.2) is 0 Å². The van der Waals surface area contributed by atoms with Crippen molar-refractivity contribution in [2.45, 2.75) is 40.2 Å². The fourth-order valence-electron chi connectivity index (χ4n) is 2.71. The van der Waals surface area contributed by atoms with Gasteiger partial charge in [0.2, 0.25) is 17.7 Å². The quantitative estimate of drug-likeness (QED) is 0.732. The van der Waals surface area contributed by atoms with Gasteiger partial charge in [0.25, 0.3) is 0 Å². The first-order valence-corrected chi connectivity index (χ1v) is 8.73. The Bertz CT molecular complexity index is 898. The van der Waals surface area contributed by atoms with Crippen molar-refractivity contribution in [2.24, 2.45) is 0 Å². The van der Waals surface area contributed by atoms with Gasteiger partial charge < -0.3 is 9.73 Å². The largest absolute Gasteiger partial charge is 0.421 e. The van der Waals surface area contributed by atoms with E-state index in [-0.39, 0.29) is 5.91 Å². The van der Waals surface area contributed by atoms with Crippen molar-refractivity contribution >= 4 is 5.91 Å². The Kier molecular flexibility index (Phi) is 5.46. The molecule has 3 rings (SSSR count). The van der Waals surface area contributed by atoms with E-state index in [2.05, 4.69) is 47.6 Å². The Morgan fingerprint density at radius 3 is 2.46 bits per heavy atom. The van der Waals surface area contributed by atoms with Gasteiger partial charge in [0.15, 0.2) is 0 Å². The molecule has 0 saturated heterocycles. The number of hydrogen-bond acceptors (Lipinski definition) is 4. The van der Waals surface area contributed by atoms with Crippen molar-refractivity contribution in [3.63, 3.8) is 0 Å². The van der Waals surface area contributed by atoms with Gasteiger partial charge >= 0.3 is 0 Å². The normalized spacial score (nSPS) is 10.7. The summed E-state index contributed by atoms with van der Waals surface area (Å²) in [6.07, 6.45) is 0.748. The molecule has 134 valence electrons. The fraction of sp³-hybridized carbons (Fsp3) is 0.286. The Labute approximate surface area is 153 Å². The lowest BCUT2D eigenvalue weighted by molar-refractivity contribution is -0.121. The second kappa shape index (κ2) is 7.95. The fourth-order valence-corrected chi connectivity index (χ4v) is 2.71. The van der Waals surface area contributed by atoms with Crippen molar-refractivity contribution in [3.05, 3.63) is 70.6 Å². The van der Waals surface area contributed by atoms with Gasteiger partial charge in [-0.15, -0.1) is 10.2 Å². The monoisotopic (exact) mass is 349 g/mol. The van der Waals surface area contributed by atoms with Gasteiger partial charge in [-0.2, -0.15) is 0 Å². The summed E-state index contributed by atoms with van der Waals surface area (Å²) in [6.45, 7) is 6.67. The summed E-state index contributed by atoms with van der Waals surface area (Å²) in [6, 6.07) is 14.1. The average molecular weight is 349 g/mol. The van der Waals surface area contributed by atoms with Crippen LogP contribution in [0.5, 0.6) is 0 Å². The molecule has 1 heterocycles. The van der Waals surface area contributed by atoms with Crippen molar-refractivity contribution in [1.29, 1.82) is 0 Å². The van der Waals surface area contributed by atoms with E-state index in [1.54, 1.807) is 0 Å². The van der Waals surface area contributed by atoms with Crippen molar-refractivity contribution in [2.75, 3.05) is 0 Å². The summed E-state index contributed by atoms with van der Waals surface area (Å²) in [5.74, 6) is 0.929. The van der Waals surface area contributed by atoms with E-state index in [4.69, 9.17) is 4.42 Å². The summed E-state index contributed by atoms with van der Waals surface area (Å²) >= 11 is 0. The number of aryl methyl sites for hydroxylation is 4. The average Bonchev–Trinajstić information content (AvgIpc) is 3.09. The molecule has 26 heavy (non-hydrogen) atoms. The molecule has 1 aromatic heterocycles. The number of amides is 1. The number of carbonyl (C=O) groups is 1. The van der Waals surface area contributed by atoms with E-state index in [9.17, 15) is 4.79 Å². The van der Waals surface area contributed by atoms with E-state index < -0.39 is 0 Å². The van der Waals surface area contributed by atoms with Crippen LogP contribution in [0.15, 0.2) is 46.9 Å². The van der Waals surface area contributed by atoms with Crippen LogP contribution < -0.4 is 5.32 Å². The lowest BCUT2D eigenvalue weighted by Crippen LogP contribution is -2.23. The van der Waals surface area contributed by atoms with E-state index >= 15 is 0 Å². The summed E-state index contributed by atoms with van der Waals surface area (Å²) < 4.78 is 5.65. The van der Waals surface area contributed by atoms with Gasteiger partial charge in [-0.3, -0.25) is 4.79 Å². The highest BCUT2D eigenvalue weighted by Crippen LogP contribution is 2.18. The van der Waals surface area contributed by atoms with Gasteiger partial charge in [0.1, 0.15) is 0 Å². The van der Waals surface area contributed by atoms with Crippen molar-refractivity contribution in [1.82, 2.24) is 15.5 Å².